The Morgan fingerprint density at radius 2 is 1.85 bits per heavy atom. The van der Waals surface area contributed by atoms with Crippen molar-refractivity contribution in [2.75, 3.05) is 18.5 Å². The van der Waals surface area contributed by atoms with E-state index in [0.717, 1.165) is 33.5 Å². The quantitative estimate of drug-likeness (QED) is 0.802. The van der Waals surface area contributed by atoms with Crippen LogP contribution in [0.3, 0.4) is 0 Å². The zero-order valence-corrected chi connectivity index (χ0v) is 15.0. The molecule has 0 aliphatic heterocycles. The fourth-order valence-electron chi connectivity index (χ4n) is 3.31. The van der Waals surface area contributed by atoms with Gasteiger partial charge in [0, 0.05) is 25.1 Å². The second-order valence-electron chi connectivity index (χ2n) is 6.39. The van der Waals surface area contributed by atoms with Crippen LogP contribution < -0.4 is 10.6 Å². The second-order valence-corrected chi connectivity index (χ2v) is 6.39. The summed E-state index contributed by atoms with van der Waals surface area (Å²) in [5.74, 6) is -0.184. The van der Waals surface area contributed by atoms with E-state index in [1.165, 1.54) is 6.92 Å². The average Bonchev–Trinajstić information content (AvgIpc) is 2.89. The van der Waals surface area contributed by atoms with Gasteiger partial charge in [-0.3, -0.25) is 4.79 Å². The molecule has 0 aromatic heterocycles. The second kappa shape index (κ2) is 7.44. The molecule has 2 N–H and O–H groups in total. The number of hydrogen-bond acceptors (Lipinski definition) is 3. The van der Waals surface area contributed by atoms with Gasteiger partial charge in [0.15, 0.2) is 0 Å². The third-order valence-electron chi connectivity index (χ3n) is 4.39. The highest BCUT2D eigenvalue weighted by Gasteiger charge is 2.30. The molecule has 5 heteroatoms. The van der Waals surface area contributed by atoms with E-state index in [4.69, 9.17) is 4.74 Å². The van der Waals surface area contributed by atoms with Crippen molar-refractivity contribution in [3.05, 3.63) is 65.7 Å². The summed E-state index contributed by atoms with van der Waals surface area (Å²) in [6, 6.07) is 12.2. The van der Waals surface area contributed by atoms with E-state index in [9.17, 15) is 9.59 Å². The van der Waals surface area contributed by atoms with Crippen LogP contribution in [0.2, 0.25) is 0 Å². The van der Waals surface area contributed by atoms with Crippen LogP contribution in [0.1, 0.15) is 29.5 Å². The van der Waals surface area contributed by atoms with Crippen LogP contribution in [0.25, 0.3) is 11.1 Å². The molecule has 0 radical (unpaired) electrons. The summed E-state index contributed by atoms with van der Waals surface area (Å²) in [7, 11) is 0. The molecular formula is C21H22N2O3. The first kappa shape index (κ1) is 17.7. The number of fused-ring (bicyclic) bond motifs is 3. The van der Waals surface area contributed by atoms with Crippen molar-refractivity contribution >= 4 is 17.7 Å². The summed E-state index contributed by atoms with van der Waals surface area (Å²) in [5, 5.41) is 5.43. The number of nitrogens with one attached hydrogen (secondary N) is 2. The van der Waals surface area contributed by atoms with Crippen LogP contribution >= 0.6 is 0 Å². The first-order valence-electron chi connectivity index (χ1n) is 8.53. The molecule has 0 spiro atoms. The SMILES string of the molecule is C=CCNC(=O)OCC1c2cc(C)ccc2-c2ccc(NC(C)=O)cc21. The van der Waals surface area contributed by atoms with Gasteiger partial charge in [-0.05, 0) is 41.3 Å². The number of rotatable bonds is 5. The van der Waals surface area contributed by atoms with Gasteiger partial charge in [-0.15, -0.1) is 6.58 Å². The molecule has 1 unspecified atom stereocenters. The summed E-state index contributed by atoms with van der Waals surface area (Å²) in [6.07, 6.45) is 1.13. The Balaban J connectivity index is 1.92. The van der Waals surface area contributed by atoms with Crippen LogP contribution in [-0.2, 0) is 9.53 Å². The van der Waals surface area contributed by atoms with E-state index in [1.807, 2.05) is 25.1 Å². The molecule has 3 rings (SSSR count). The van der Waals surface area contributed by atoms with Gasteiger partial charge < -0.3 is 15.4 Å². The van der Waals surface area contributed by atoms with Crippen LogP contribution in [-0.4, -0.2) is 25.2 Å². The molecule has 1 aliphatic rings. The molecule has 134 valence electrons. The number of benzene rings is 2. The highest BCUT2D eigenvalue weighted by molar-refractivity contribution is 5.90. The third-order valence-corrected chi connectivity index (χ3v) is 4.39. The van der Waals surface area contributed by atoms with Crippen molar-refractivity contribution in [2.45, 2.75) is 19.8 Å². The topological polar surface area (TPSA) is 67.4 Å². The molecule has 5 nitrogen and oxygen atoms in total. The Bertz CT molecular complexity index is 874. The minimum Gasteiger partial charge on any atom is -0.449 e. The molecule has 2 aromatic rings. The van der Waals surface area contributed by atoms with Crippen LogP contribution in [0, 0.1) is 6.92 Å². The number of alkyl carbamates (subject to hydrolysis) is 1. The first-order valence-corrected chi connectivity index (χ1v) is 8.53. The van der Waals surface area contributed by atoms with Gasteiger partial charge >= 0.3 is 6.09 Å². The number of carbonyl (C=O) groups is 2. The third kappa shape index (κ3) is 3.61. The van der Waals surface area contributed by atoms with E-state index < -0.39 is 6.09 Å². The Kier molecular flexibility index (Phi) is 5.07. The normalized spacial score (nSPS) is 14.2. The summed E-state index contributed by atoms with van der Waals surface area (Å²) in [5.41, 5.74) is 6.32. The van der Waals surface area contributed by atoms with Gasteiger partial charge in [-0.2, -0.15) is 0 Å². The Labute approximate surface area is 153 Å². The summed E-state index contributed by atoms with van der Waals surface area (Å²) < 4.78 is 5.42. The first-order chi connectivity index (χ1) is 12.5. The number of anilines is 1. The number of aryl methyl sites for hydroxylation is 1. The Hall–Kier alpha value is -3.08. The van der Waals surface area contributed by atoms with E-state index in [2.05, 4.69) is 35.4 Å². The molecule has 0 heterocycles. The van der Waals surface area contributed by atoms with Gasteiger partial charge in [-0.25, -0.2) is 4.79 Å². The van der Waals surface area contributed by atoms with Gasteiger partial charge in [-0.1, -0.05) is 35.9 Å². The predicted molar refractivity (Wildman–Crippen MR) is 102 cm³/mol. The van der Waals surface area contributed by atoms with Crippen LogP contribution in [0.5, 0.6) is 0 Å². The highest BCUT2D eigenvalue weighted by Crippen LogP contribution is 2.46. The fourth-order valence-corrected chi connectivity index (χ4v) is 3.31. The summed E-state index contributed by atoms with van der Waals surface area (Å²) in [6.45, 7) is 7.69. The Morgan fingerprint density at radius 1 is 1.15 bits per heavy atom. The molecule has 2 aromatic carbocycles. The molecule has 0 saturated carbocycles. The van der Waals surface area contributed by atoms with E-state index >= 15 is 0 Å². The zero-order valence-electron chi connectivity index (χ0n) is 15.0. The van der Waals surface area contributed by atoms with Gasteiger partial charge in [0.2, 0.25) is 5.91 Å². The van der Waals surface area contributed by atoms with Crippen LogP contribution in [0.15, 0.2) is 49.1 Å². The number of hydrogen-bond donors (Lipinski definition) is 2. The molecule has 0 bridgehead atoms. The Morgan fingerprint density at radius 3 is 2.54 bits per heavy atom. The monoisotopic (exact) mass is 350 g/mol. The van der Waals surface area contributed by atoms with Crippen molar-refractivity contribution in [3.63, 3.8) is 0 Å². The van der Waals surface area contributed by atoms with Crippen LogP contribution in [0.4, 0.5) is 10.5 Å². The van der Waals surface area contributed by atoms with Gasteiger partial charge in [0.25, 0.3) is 0 Å². The van der Waals surface area contributed by atoms with Crippen molar-refractivity contribution in [1.29, 1.82) is 0 Å². The summed E-state index contributed by atoms with van der Waals surface area (Å²) in [4.78, 5) is 23.2. The fraction of sp³-hybridized carbons (Fsp3) is 0.238. The maximum absolute atomic E-state index is 11.8. The van der Waals surface area contributed by atoms with E-state index in [1.54, 1.807) is 6.08 Å². The molecular weight excluding hydrogens is 328 g/mol. The molecule has 26 heavy (non-hydrogen) atoms. The van der Waals surface area contributed by atoms with E-state index in [0.29, 0.717) is 6.54 Å². The smallest absolute Gasteiger partial charge is 0.407 e. The molecule has 1 aliphatic carbocycles. The minimum absolute atomic E-state index is 0.0666. The van der Waals surface area contributed by atoms with Crippen molar-refractivity contribution in [3.8, 4) is 11.1 Å². The maximum Gasteiger partial charge on any atom is 0.407 e. The molecule has 0 saturated heterocycles. The van der Waals surface area contributed by atoms with Crippen molar-refractivity contribution in [2.24, 2.45) is 0 Å². The van der Waals surface area contributed by atoms with Gasteiger partial charge in [0.1, 0.15) is 6.61 Å². The lowest BCUT2D eigenvalue weighted by atomic mass is 9.96. The van der Waals surface area contributed by atoms with Crippen molar-refractivity contribution < 1.29 is 14.3 Å². The molecule has 2 amide bonds. The minimum atomic E-state index is -0.467. The molecule has 0 fully saturated rings. The average molecular weight is 350 g/mol. The number of carbonyl (C=O) groups excluding carboxylic acids is 2. The lowest BCUT2D eigenvalue weighted by Gasteiger charge is -2.15. The maximum atomic E-state index is 11.8. The highest BCUT2D eigenvalue weighted by atomic mass is 16.5. The number of ether oxygens (including phenoxy) is 1. The van der Waals surface area contributed by atoms with E-state index in [-0.39, 0.29) is 18.4 Å². The van der Waals surface area contributed by atoms with Gasteiger partial charge in [0.05, 0.1) is 0 Å². The zero-order chi connectivity index (χ0) is 18.7. The van der Waals surface area contributed by atoms with Crippen molar-refractivity contribution in [1.82, 2.24) is 5.32 Å². The predicted octanol–water partition coefficient (Wildman–Crippen LogP) is 3.98. The summed E-state index contributed by atoms with van der Waals surface area (Å²) >= 11 is 0. The standard InChI is InChI=1S/C21H22N2O3/c1-4-9-22-21(25)26-12-20-18-10-13(2)5-7-16(18)17-8-6-15(11-19(17)20)23-14(3)24/h4-8,10-11,20H,1,9,12H2,2-3H3,(H,22,25)(H,23,24). The number of amides is 2. The molecule has 1 atom stereocenters. The lowest BCUT2D eigenvalue weighted by molar-refractivity contribution is -0.114. The largest absolute Gasteiger partial charge is 0.449 e. The lowest BCUT2D eigenvalue weighted by Crippen LogP contribution is -2.26.